The van der Waals surface area contributed by atoms with Crippen LogP contribution in [0.5, 0.6) is 0 Å². The number of benzene rings is 2. The fourth-order valence-electron chi connectivity index (χ4n) is 3.17. The second-order valence-electron chi connectivity index (χ2n) is 6.80. The van der Waals surface area contributed by atoms with Gasteiger partial charge in [-0.25, -0.2) is 9.78 Å². The van der Waals surface area contributed by atoms with Crippen LogP contribution >= 0.6 is 11.3 Å². The Morgan fingerprint density at radius 3 is 2.34 bits per heavy atom. The van der Waals surface area contributed by atoms with Crippen LogP contribution in [0.3, 0.4) is 0 Å². The zero-order chi connectivity index (χ0) is 20.6. The Morgan fingerprint density at radius 1 is 1.07 bits per heavy atom. The van der Waals surface area contributed by atoms with Gasteiger partial charge in [-0.3, -0.25) is 15.0 Å². The van der Waals surface area contributed by atoms with Crippen LogP contribution in [0, 0.1) is 6.92 Å². The van der Waals surface area contributed by atoms with E-state index in [0.29, 0.717) is 21.1 Å². The summed E-state index contributed by atoms with van der Waals surface area (Å²) < 4.78 is 0. The van der Waals surface area contributed by atoms with Crippen LogP contribution in [0.1, 0.15) is 27.9 Å². The predicted molar refractivity (Wildman–Crippen MR) is 109 cm³/mol. The van der Waals surface area contributed by atoms with E-state index in [2.05, 4.69) is 15.7 Å². The molecule has 1 unspecified atom stereocenters. The third-order valence-corrected chi connectivity index (χ3v) is 5.98. The number of aromatic nitrogens is 1. The number of nitrogens with zero attached hydrogens (tertiary/aromatic N) is 2. The van der Waals surface area contributed by atoms with Crippen molar-refractivity contribution >= 4 is 29.2 Å². The average Bonchev–Trinajstić information content (AvgIpc) is 3.23. The van der Waals surface area contributed by atoms with E-state index in [9.17, 15) is 14.4 Å². The van der Waals surface area contributed by atoms with Gasteiger partial charge in [0.2, 0.25) is 0 Å². The maximum Gasteiger partial charge on any atom is 0.344 e. The summed E-state index contributed by atoms with van der Waals surface area (Å²) >= 11 is 1.21. The standard InChI is InChI=1S/C21H18N4O3S/c1-13-16(29-18(22-13)14-9-5-3-6-10-14)17(26)24-25-19(27)21(2,23-20(25)28)15-11-7-4-8-12-15/h3-12H,1-2H3,(H,23,28)(H,24,26). The van der Waals surface area contributed by atoms with Crippen molar-refractivity contribution in [2.24, 2.45) is 0 Å². The average molecular weight is 406 g/mol. The summed E-state index contributed by atoms with van der Waals surface area (Å²) in [4.78, 5) is 42.9. The zero-order valence-corrected chi connectivity index (χ0v) is 16.6. The summed E-state index contributed by atoms with van der Waals surface area (Å²) in [7, 11) is 0. The Balaban J connectivity index is 1.57. The second kappa shape index (κ2) is 7.14. The summed E-state index contributed by atoms with van der Waals surface area (Å²) in [5.74, 6) is -1.10. The van der Waals surface area contributed by atoms with Gasteiger partial charge >= 0.3 is 6.03 Å². The van der Waals surface area contributed by atoms with Crippen LogP contribution in [0.2, 0.25) is 0 Å². The molecule has 1 aromatic heterocycles. The second-order valence-corrected chi connectivity index (χ2v) is 7.80. The third-order valence-electron chi connectivity index (χ3n) is 4.78. The Labute approximate surface area is 171 Å². The van der Waals surface area contributed by atoms with E-state index in [0.717, 1.165) is 10.6 Å². The summed E-state index contributed by atoms with van der Waals surface area (Å²) in [5.41, 5.74) is 3.24. The summed E-state index contributed by atoms with van der Waals surface area (Å²) in [5, 5.41) is 4.09. The first-order valence-electron chi connectivity index (χ1n) is 8.96. The van der Waals surface area contributed by atoms with Gasteiger partial charge in [0.05, 0.1) is 5.69 Å². The Morgan fingerprint density at radius 2 is 1.69 bits per heavy atom. The first kappa shape index (κ1) is 18.8. The van der Waals surface area contributed by atoms with Gasteiger partial charge in [0.15, 0.2) is 0 Å². The van der Waals surface area contributed by atoms with Crippen molar-refractivity contribution < 1.29 is 14.4 Å². The third kappa shape index (κ3) is 3.27. The smallest absolute Gasteiger partial charge is 0.318 e. The van der Waals surface area contributed by atoms with E-state index in [4.69, 9.17) is 0 Å². The van der Waals surface area contributed by atoms with E-state index in [1.807, 2.05) is 36.4 Å². The predicted octanol–water partition coefficient (Wildman–Crippen LogP) is 3.23. The number of hydrogen-bond donors (Lipinski definition) is 2. The molecule has 4 rings (SSSR count). The van der Waals surface area contributed by atoms with Gasteiger partial charge in [-0.2, -0.15) is 5.01 Å². The molecule has 0 radical (unpaired) electrons. The molecule has 1 atom stereocenters. The molecule has 3 aromatic rings. The molecule has 7 nitrogen and oxygen atoms in total. The molecular formula is C21H18N4O3S. The number of urea groups is 1. The number of rotatable bonds is 4. The number of amides is 4. The van der Waals surface area contributed by atoms with Crippen molar-refractivity contribution in [2.45, 2.75) is 19.4 Å². The normalized spacial score (nSPS) is 18.6. The van der Waals surface area contributed by atoms with Gasteiger partial charge in [0, 0.05) is 5.56 Å². The van der Waals surface area contributed by atoms with Gasteiger partial charge in [0.1, 0.15) is 15.4 Å². The summed E-state index contributed by atoms with van der Waals surface area (Å²) in [6, 6.07) is 17.7. The SMILES string of the molecule is Cc1nc(-c2ccccc2)sc1C(=O)NN1C(=O)NC(C)(c2ccccc2)C1=O. The van der Waals surface area contributed by atoms with Gasteiger partial charge in [-0.05, 0) is 19.4 Å². The molecule has 2 aromatic carbocycles. The molecule has 1 aliphatic heterocycles. The van der Waals surface area contributed by atoms with Crippen molar-refractivity contribution in [3.63, 3.8) is 0 Å². The van der Waals surface area contributed by atoms with E-state index >= 15 is 0 Å². The van der Waals surface area contributed by atoms with Crippen LogP contribution in [0.15, 0.2) is 60.7 Å². The van der Waals surface area contributed by atoms with Crippen molar-refractivity contribution in [3.8, 4) is 10.6 Å². The minimum atomic E-state index is -1.25. The number of nitrogens with one attached hydrogen (secondary N) is 2. The maximum absolute atomic E-state index is 12.9. The minimum Gasteiger partial charge on any atom is -0.318 e. The van der Waals surface area contributed by atoms with Gasteiger partial charge in [0.25, 0.3) is 11.8 Å². The molecule has 0 spiro atoms. The van der Waals surface area contributed by atoms with Crippen molar-refractivity contribution in [3.05, 3.63) is 76.8 Å². The number of carbonyl (C=O) groups is 3. The number of hydrogen-bond acceptors (Lipinski definition) is 5. The number of thiazole rings is 1. The van der Waals surface area contributed by atoms with Gasteiger partial charge in [-0.15, -0.1) is 11.3 Å². The fraction of sp³-hybridized carbons (Fsp3) is 0.143. The van der Waals surface area contributed by atoms with E-state index in [1.54, 1.807) is 38.1 Å². The number of carbonyl (C=O) groups excluding carboxylic acids is 3. The molecule has 2 heterocycles. The summed E-state index contributed by atoms with van der Waals surface area (Å²) in [6.45, 7) is 3.33. The first-order chi connectivity index (χ1) is 13.9. The zero-order valence-electron chi connectivity index (χ0n) is 15.8. The Hall–Kier alpha value is -3.52. The monoisotopic (exact) mass is 406 g/mol. The molecule has 146 valence electrons. The molecule has 2 N–H and O–H groups in total. The Kier molecular flexibility index (Phi) is 4.63. The summed E-state index contributed by atoms with van der Waals surface area (Å²) in [6.07, 6.45) is 0. The molecule has 8 heteroatoms. The number of imide groups is 1. The van der Waals surface area contributed by atoms with E-state index in [-0.39, 0.29) is 0 Å². The molecule has 1 aliphatic rings. The van der Waals surface area contributed by atoms with E-state index < -0.39 is 23.4 Å². The Bertz CT molecular complexity index is 1100. The van der Waals surface area contributed by atoms with Crippen LogP contribution < -0.4 is 10.7 Å². The molecule has 0 saturated carbocycles. The number of aryl methyl sites for hydroxylation is 1. The topological polar surface area (TPSA) is 91.4 Å². The van der Waals surface area contributed by atoms with Crippen LogP contribution in [0.4, 0.5) is 4.79 Å². The largest absolute Gasteiger partial charge is 0.344 e. The lowest BCUT2D eigenvalue weighted by molar-refractivity contribution is -0.132. The molecule has 29 heavy (non-hydrogen) atoms. The molecule has 1 fully saturated rings. The quantitative estimate of drug-likeness (QED) is 0.651. The number of hydrazine groups is 1. The highest BCUT2D eigenvalue weighted by atomic mass is 32.1. The highest BCUT2D eigenvalue weighted by Crippen LogP contribution is 2.30. The van der Waals surface area contributed by atoms with Crippen LogP contribution in [0.25, 0.3) is 10.6 Å². The lowest BCUT2D eigenvalue weighted by Crippen LogP contribution is -2.47. The molecule has 0 bridgehead atoms. The molecular weight excluding hydrogens is 388 g/mol. The van der Waals surface area contributed by atoms with Gasteiger partial charge < -0.3 is 5.32 Å². The molecule has 0 aliphatic carbocycles. The molecule has 1 saturated heterocycles. The lowest BCUT2D eigenvalue weighted by Gasteiger charge is -2.22. The van der Waals surface area contributed by atoms with Gasteiger partial charge in [-0.1, -0.05) is 60.7 Å². The van der Waals surface area contributed by atoms with Crippen LogP contribution in [-0.4, -0.2) is 27.8 Å². The first-order valence-corrected chi connectivity index (χ1v) is 9.78. The lowest BCUT2D eigenvalue weighted by atomic mass is 9.92. The molecule has 4 amide bonds. The highest BCUT2D eigenvalue weighted by Gasteiger charge is 2.50. The highest BCUT2D eigenvalue weighted by molar-refractivity contribution is 7.17. The van der Waals surface area contributed by atoms with Crippen molar-refractivity contribution in [1.29, 1.82) is 0 Å². The minimum absolute atomic E-state index is 0.345. The van der Waals surface area contributed by atoms with Crippen molar-refractivity contribution in [2.75, 3.05) is 0 Å². The van der Waals surface area contributed by atoms with Crippen LogP contribution in [-0.2, 0) is 10.3 Å². The van der Waals surface area contributed by atoms with E-state index in [1.165, 1.54) is 11.3 Å². The fourth-order valence-corrected chi connectivity index (χ4v) is 4.13. The maximum atomic E-state index is 12.9. The van der Waals surface area contributed by atoms with Crippen molar-refractivity contribution in [1.82, 2.24) is 20.7 Å².